The molecule has 0 amide bonds. The van der Waals surface area contributed by atoms with E-state index in [4.69, 9.17) is 10.6 Å². The first-order valence-electron chi connectivity index (χ1n) is 4.72. The van der Waals surface area contributed by atoms with Gasteiger partial charge in [-0.05, 0) is 30.2 Å². The first-order chi connectivity index (χ1) is 7.26. The van der Waals surface area contributed by atoms with Gasteiger partial charge in [-0.2, -0.15) is 0 Å². The third kappa shape index (κ3) is 1.69. The predicted octanol–water partition coefficient (Wildman–Crippen LogP) is 1.88. The van der Waals surface area contributed by atoms with Crippen molar-refractivity contribution in [3.05, 3.63) is 29.5 Å². The van der Waals surface area contributed by atoms with Gasteiger partial charge in [0.2, 0.25) is 0 Å². The Labute approximate surface area is 87.9 Å². The van der Waals surface area contributed by atoms with Crippen molar-refractivity contribution in [1.29, 1.82) is 0 Å². The standard InChI is InChI=1S/C11H14N2O2/c1-7-5-13-11-9(7)3-8(6-15-12)4-10(11)14-2/h3-5,13H,6,12H2,1-2H3. The maximum atomic E-state index is 5.30. The Morgan fingerprint density at radius 2 is 2.20 bits per heavy atom. The molecule has 0 spiro atoms. The van der Waals surface area contributed by atoms with Crippen LogP contribution in [0.1, 0.15) is 11.1 Å². The minimum Gasteiger partial charge on any atom is -0.495 e. The van der Waals surface area contributed by atoms with Crippen molar-refractivity contribution in [2.45, 2.75) is 13.5 Å². The van der Waals surface area contributed by atoms with E-state index in [1.54, 1.807) is 7.11 Å². The molecule has 2 aromatic rings. The van der Waals surface area contributed by atoms with Crippen LogP contribution in [0.25, 0.3) is 10.9 Å². The van der Waals surface area contributed by atoms with E-state index in [1.807, 2.05) is 19.2 Å². The number of hydrogen-bond acceptors (Lipinski definition) is 3. The summed E-state index contributed by atoms with van der Waals surface area (Å²) in [5, 5.41) is 1.14. The molecule has 0 radical (unpaired) electrons. The van der Waals surface area contributed by atoms with E-state index < -0.39 is 0 Å². The maximum absolute atomic E-state index is 5.30. The Morgan fingerprint density at radius 3 is 2.87 bits per heavy atom. The molecule has 2 rings (SSSR count). The SMILES string of the molecule is COc1cc(CON)cc2c(C)c[nH]c12. The zero-order chi connectivity index (χ0) is 10.8. The largest absolute Gasteiger partial charge is 0.495 e. The third-order valence-electron chi connectivity index (χ3n) is 2.49. The second-order valence-electron chi connectivity index (χ2n) is 3.50. The average Bonchev–Trinajstić information content (AvgIpc) is 2.60. The molecule has 15 heavy (non-hydrogen) atoms. The van der Waals surface area contributed by atoms with Gasteiger partial charge in [-0.1, -0.05) is 0 Å². The van der Waals surface area contributed by atoms with Gasteiger partial charge < -0.3 is 9.72 Å². The van der Waals surface area contributed by atoms with Gasteiger partial charge in [0.05, 0.1) is 19.2 Å². The van der Waals surface area contributed by atoms with Crippen LogP contribution in [-0.4, -0.2) is 12.1 Å². The molecule has 0 saturated heterocycles. The molecule has 0 aliphatic rings. The number of methoxy groups -OCH3 is 1. The van der Waals surface area contributed by atoms with Gasteiger partial charge in [0.15, 0.2) is 0 Å². The molecule has 3 N–H and O–H groups in total. The van der Waals surface area contributed by atoms with Crippen LogP contribution in [-0.2, 0) is 11.4 Å². The molecule has 1 aromatic carbocycles. The van der Waals surface area contributed by atoms with E-state index in [-0.39, 0.29) is 0 Å². The van der Waals surface area contributed by atoms with Gasteiger partial charge in [-0.3, -0.25) is 4.84 Å². The molecule has 80 valence electrons. The van der Waals surface area contributed by atoms with Crippen molar-refractivity contribution < 1.29 is 9.57 Å². The molecule has 0 bridgehead atoms. The van der Waals surface area contributed by atoms with Gasteiger partial charge in [0.1, 0.15) is 5.75 Å². The summed E-state index contributed by atoms with van der Waals surface area (Å²) >= 11 is 0. The first kappa shape index (κ1) is 10.0. The highest BCUT2D eigenvalue weighted by Gasteiger charge is 2.07. The summed E-state index contributed by atoms with van der Waals surface area (Å²) in [6, 6.07) is 3.97. The zero-order valence-electron chi connectivity index (χ0n) is 8.83. The van der Waals surface area contributed by atoms with Crippen LogP contribution >= 0.6 is 0 Å². The van der Waals surface area contributed by atoms with Crippen LogP contribution in [0.15, 0.2) is 18.3 Å². The average molecular weight is 206 g/mol. The summed E-state index contributed by atoms with van der Waals surface area (Å²) in [6.45, 7) is 2.43. The molecule has 0 fully saturated rings. The molecule has 4 heteroatoms. The quantitative estimate of drug-likeness (QED) is 0.754. The van der Waals surface area contributed by atoms with E-state index in [2.05, 4.69) is 15.9 Å². The summed E-state index contributed by atoms with van der Waals surface area (Å²) < 4.78 is 5.30. The van der Waals surface area contributed by atoms with Crippen molar-refractivity contribution in [2.24, 2.45) is 5.90 Å². The van der Waals surface area contributed by atoms with Crippen LogP contribution in [0.4, 0.5) is 0 Å². The lowest BCUT2D eigenvalue weighted by molar-refractivity contribution is 0.124. The van der Waals surface area contributed by atoms with Gasteiger partial charge in [-0.25, -0.2) is 5.90 Å². The van der Waals surface area contributed by atoms with Crippen LogP contribution < -0.4 is 10.6 Å². The second-order valence-corrected chi connectivity index (χ2v) is 3.50. The maximum Gasteiger partial charge on any atom is 0.143 e. The predicted molar refractivity (Wildman–Crippen MR) is 58.6 cm³/mol. The van der Waals surface area contributed by atoms with Crippen molar-refractivity contribution in [3.8, 4) is 5.75 Å². The number of aromatic nitrogens is 1. The van der Waals surface area contributed by atoms with E-state index in [1.165, 1.54) is 5.56 Å². The van der Waals surface area contributed by atoms with Crippen LogP contribution in [0, 0.1) is 6.92 Å². The number of aryl methyl sites for hydroxylation is 1. The molecule has 4 nitrogen and oxygen atoms in total. The van der Waals surface area contributed by atoms with Crippen molar-refractivity contribution >= 4 is 10.9 Å². The number of H-pyrrole nitrogens is 1. The zero-order valence-corrected chi connectivity index (χ0v) is 8.83. The van der Waals surface area contributed by atoms with E-state index in [0.29, 0.717) is 6.61 Å². The fourth-order valence-electron chi connectivity index (χ4n) is 1.73. The topological polar surface area (TPSA) is 60.3 Å². The highest BCUT2D eigenvalue weighted by molar-refractivity contribution is 5.88. The normalized spacial score (nSPS) is 10.9. The summed E-state index contributed by atoms with van der Waals surface area (Å²) in [5.74, 6) is 5.87. The minimum atomic E-state index is 0.386. The first-order valence-corrected chi connectivity index (χ1v) is 4.72. The van der Waals surface area contributed by atoms with Gasteiger partial charge in [0, 0.05) is 11.6 Å². The van der Waals surface area contributed by atoms with Crippen molar-refractivity contribution in [1.82, 2.24) is 4.98 Å². The molecule has 0 atom stereocenters. The minimum absolute atomic E-state index is 0.386. The monoisotopic (exact) mass is 206 g/mol. The molecule has 0 unspecified atom stereocenters. The Balaban J connectivity index is 2.62. The van der Waals surface area contributed by atoms with Crippen molar-refractivity contribution in [3.63, 3.8) is 0 Å². The molecule has 1 aromatic heterocycles. The third-order valence-corrected chi connectivity index (χ3v) is 2.49. The van der Waals surface area contributed by atoms with E-state index >= 15 is 0 Å². The van der Waals surface area contributed by atoms with Gasteiger partial charge in [-0.15, -0.1) is 0 Å². The summed E-state index contributed by atoms with van der Waals surface area (Å²) in [4.78, 5) is 7.81. The highest BCUT2D eigenvalue weighted by Crippen LogP contribution is 2.28. The highest BCUT2D eigenvalue weighted by atomic mass is 16.6. The summed E-state index contributed by atoms with van der Waals surface area (Å²) in [6.07, 6.45) is 1.96. The molecule has 0 aliphatic heterocycles. The van der Waals surface area contributed by atoms with Crippen LogP contribution in [0.2, 0.25) is 0 Å². The van der Waals surface area contributed by atoms with Crippen LogP contribution in [0.3, 0.4) is 0 Å². The van der Waals surface area contributed by atoms with E-state index in [0.717, 1.165) is 22.2 Å². The van der Waals surface area contributed by atoms with Gasteiger partial charge >= 0.3 is 0 Å². The number of benzene rings is 1. The molecule has 0 aliphatic carbocycles. The molecular weight excluding hydrogens is 192 g/mol. The fraction of sp³-hybridized carbons (Fsp3) is 0.273. The Kier molecular flexibility index (Phi) is 2.62. The smallest absolute Gasteiger partial charge is 0.143 e. The molecular formula is C11H14N2O2. The molecule has 0 saturated carbocycles. The number of fused-ring (bicyclic) bond motifs is 1. The number of hydrogen-bond donors (Lipinski definition) is 2. The second kappa shape index (κ2) is 3.92. The fourth-order valence-corrected chi connectivity index (χ4v) is 1.73. The number of rotatable bonds is 3. The summed E-state index contributed by atoms with van der Waals surface area (Å²) in [7, 11) is 1.65. The molecule has 1 heterocycles. The lowest BCUT2D eigenvalue weighted by atomic mass is 10.1. The van der Waals surface area contributed by atoms with E-state index in [9.17, 15) is 0 Å². The number of aromatic amines is 1. The Bertz CT molecular complexity index is 477. The Hall–Kier alpha value is -1.52. The Morgan fingerprint density at radius 1 is 1.40 bits per heavy atom. The number of ether oxygens (including phenoxy) is 1. The number of nitrogens with one attached hydrogen (secondary N) is 1. The summed E-state index contributed by atoms with van der Waals surface area (Å²) in [5.41, 5.74) is 3.20. The van der Waals surface area contributed by atoms with Gasteiger partial charge in [0.25, 0.3) is 0 Å². The number of nitrogens with two attached hydrogens (primary N) is 1. The van der Waals surface area contributed by atoms with Crippen LogP contribution in [0.5, 0.6) is 5.75 Å². The van der Waals surface area contributed by atoms with Crippen molar-refractivity contribution in [2.75, 3.05) is 7.11 Å². The lowest BCUT2D eigenvalue weighted by Crippen LogP contribution is -1.99. The lowest BCUT2D eigenvalue weighted by Gasteiger charge is -2.06.